The van der Waals surface area contributed by atoms with E-state index in [4.69, 9.17) is 0 Å². The second-order valence-corrected chi connectivity index (χ2v) is 5.76. The summed E-state index contributed by atoms with van der Waals surface area (Å²) in [5.41, 5.74) is 1.33. The largest absolute Gasteiger partial charge is 0.226 e. The van der Waals surface area contributed by atoms with Crippen molar-refractivity contribution in [3.8, 4) is 0 Å². The summed E-state index contributed by atoms with van der Waals surface area (Å²) >= 11 is 0. The first-order valence-electron chi connectivity index (χ1n) is 8.47. The van der Waals surface area contributed by atoms with E-state index < -0.39 is 0 Å². The van der Waals surface area contributed by atoms with Gasteiger partial charge >= 0.3 is 0 Å². The molecule has 0 saturated heterocycles. The van der Waals surface area contributed by atoms with Gasteiger partial charge in [-0.3, -0.25) is 0 Å². The van der Waals surface area contributed by atoms with Crippen molar-refractivity contribution < 1.29 is 0 Å². The van der Waals surface area contributed by atoms with Gasteiger partial charge in [-0.1, -0.05) is 82.7 Å². The number of aliphatic imine (C=N–C) groups is 2. The summed E-state index contributed by atoms with van der Waals surface area (Å²) in [5.74, 6) is 0.437. The van der Waals surface area contributed by atoms with Gasteiger partial charge in [0.2, 0.25) is 0 Å². The molecule has 1 unspecified atom stereocenters. The normalized spacial score (nSPS) is 11.7. The van der Waals surface area contributed by atoms with Crippen molar-refractivity contribution in [1.29, 1.82) is 0 Å². The average Bonchev–Trinajstić information content (AvgIpc) is 2.53. The molecule has 2 heteroatoms. The average molecular weight is 286 g/mol. The SMILES string of the molecule is CCCCCCCCCN=C=NCC(C)c1ccccc1. The molecule has 0 saturated carbocycles. The van der Waals surface area contributed by atoms with Crippen LogP contribution in [0.15, 0.2) is 40.3 Å². The minimum Gasteiger partial charge on any atom is -0.226 e. The highest BCUT2D eigenvalue weighted by atomic mass is 14.8. The molecule has 1 rings (SSSR count). The van der Waals surface area contributed by atoms with E-state index >= 15 is 0 Å². The quantitative estimate of drug-likeness (QED) is 0.367. The van der Waals surface area contributed by atoms with E-state index in [1.807, 2.05) is 6.07 Å². The van der Waals surface area contributed by atoms with E-state index in [1.54, 1.807) is 0 Å². The van der Waals surface area contributed by atoms with Gasteiger partial charge in [0.1, 0.15) is 0 Å². The molecule has 1 aromatic carbocycles. The van der Waals surface area contributed by atoms with Crippen LogP contribution in [0.2, 0.25) is 0 Å². The molecule has 0 spiro atoms. The third-order valence-corrected chi connectivity index (χ3v) is 3.75. The lowest BCUT2D eigenvalue weighted by Crippen LogP contribution is -1.96. The van der Waals surface area contributed by atoms with Crippen LogP contribution in [0.1, 0.15) is 70.3 Å². The highest BCUT2D eigenvalue weighted by molar-refractivity contribution is 5.41. The van der Waals surface area contributed by atoms with Crippen LogP contribution in [0.3, 0.4) is 0 Å². The smallest absolute Gasteiger partial charge is 0.0892 e. The fourth-order valence-electron chi connectivity index (χ4n) is 2.31. The molecule has 0 N–H and O–H groups in total. The van der Waals surface area contributed by atoms with Gasteiger partial charge in [-0.2, -0.15) is 0 Å². The fourth-order valence-corrected chi connectivity index (χ4v) is 2.31. The van der Waals surface area contributed by atoms with Crippen LogP contribution in [0, 0.1) is 0 Å². The lowest BCUT2D eigenvalue weighted by molar-refractivity contribution is 0.593. The van der Waals surface area contributed by atoms with Gasteiger partial charge in [0.25, 0.3) is 0 Å². The number of benzene rings is 1. The molecule has 0 radical (unpaired) electrons. The molecule has 21 heavy (non-hydrogen) atoms. The standard InChI is InChI=1S/C19H30N2/c1-3-4-5-6-7-8-12-15-20-17-21-16-18(2)19-13-10-9-11-14-19/h9-11,13-14,18H,3-8,12,15-16H2,1-2H3. The first kappa shape index (κ1) is 17.7. The van der Waals surface area contributed by atoms with Gasteiger partial charge in [0, 0.05) is 12.5 Å². The van der Waals surface area contributed by atoms with E-state index in [-0.39, 0.29) is 0 Å². The van der Waals surface area contributed by atoms with Crippen molar-refractivity contribution >= 4 is 6.01 Å². The molecule has 116 valence electrons. The maximum absolute atomic E-state index is 4.29. The Morgan fingerprint density at radius 3 is 2.29 bits per heavy atom. The van der Waals surface area contributed by atoms with Crippen LogP contribution in [-0.2, 0) is 0 Å². The molecular weight excluding hydrogens is 256 g/mol. The third-order valence-electron chi connectivity index (χ3n) is 3.75. The monoisotopic (exact) mass is 286 g/mol. The van der Waals surface area contributed by atoms with Crippen molar-refractivity contribution in [1.82, 2.24) is 0 Å². The molecule has 2 nitrogen and oxygen atoms in total. The Kier molecular flexibility index (Phi) is 10.4. The van der Waals surface area contributed by atoms with E-state index in [2.05, 4.69) is 54.1 Å². The zero-order valence-corrected chi connectivity index (χ0v) is 13.7. The maximum Gasteiger partial charge on any atom is 0.0892 e. The van der Waals surface area contributed by atoms with Gasteiger partial charge < -0.3 is 0 Å². The Hall–Kier alpha value is -1.40. The number of hydrogen-bond acceptors (Lipinski definition) is 2. The van der Waals surface area contributed by atoms with Gasteiger partial charge in [-0.05, 0) is 12.0 Å². The zero-order valence-electron chi connectivity index (χ0n) is 13.7. The van der Waals surface area contributed by atoms with Crippen LogP contribution >= 0.6 is 0 Å². The molecule has 0 aliphatic heterocycles. The highest BCUT2D eigenvalue weighted by Crippen LogP contribution is 2.14. The Morgan fingerprint density at radius 2 is 1.57 bits per heavy atom. The summed E-state index contributed by atoms with van der Waals surface area (Å²) < 4.78 is 0. The molecule has 1 atom stereocenters. The molecular formula is C19H30N2. The number of rotatable bonds is 11. The summed E-state index contributed by atoms with van der Waals surface area (Å²) in [5, 5.41) is 0. The topological polar surface area (TPSA) is 24.7 Å². The molecule has 0 heterocycles. The molecule has 0 amide bonds. The fraction of sp³-hybridized carbons (Fsp3) is 0.632. The Morgan fingerprint density at radius 1 is 0.905 bits per heavy atom. The minimum absolute atomic E-state index is 0.437. The van der Waals surface area contributed by atoms with Gasteiger partial charge in [-0.15, -0.1) is 0 Å². The first-order valence-corrected chi connectivity index (χ1v) is 8.47. The third kappa shape index (κ3) is 9.20. The number of nitrogens with zero attached hydrogens (tertiary/aromatic N) is 2. The Labute approximate surface area is 130 Å². The summed E-state index contributed by atoms with van der Waals surface area (Å²) in [4.78, 5) is 8.54. The maximum atomic E-state index is 4.29. The minimum atomic E-state index is 0.437. The van der Waals surface area contributed by atoms with Crippen LogP contribution < -0.4 is 0 Å². The van der Waals surface area contributed by atoms with Crippen LogP contribution in [0.5, 0.6) is 0 Å². The second kappa shape index (κ2) is 12.3. The van der Waals surface area contributed by atoms with E-state index in [1.165, 1.54) is 50.5 Å². The number of hydrogen-bond donors (Lipinski definition) is 0. The summed E-state index contributed by atoms with van der Waals surface area (Å²) in [7, 11) is 0. The van der Waals surface area contributed by atoms with Crippen molar-refractivity contribution in [2.24, 2.45) is 9.98 Å². The predicted molar refractivity (Wildman–Crippen MR) is 92.4 cm³/mol. The molecule has 0 aliphatic rings. The van der Waals surface area contributed by atoms with Gasteiger partial charge in [0.15, 0.2) is 0 Å². The zero-order chi connectivity index (χ0) is 15.2. The van der Waals surface area contributed by atoms with E-state index in [0.717, 1.165) is 13.1 Å². The molecule has 0 fully saturated rings. The first-order chi connectivity index (χ1) is 10.3. The lowest BCUT2D eigenvalue weighted by atomic mass is 10.0. The van der Waals surface area contributed by atoms with E-state index in [0.29, 0.717) is 5.92 Å². The van der Waals surface area contributed by atoms with E-state index in [9.17, 15) is 0 Å². The number of unbranched alkanes of at least 4 members (excludes halogenated alkanes) is 6. The summed E-state index contributed by atoms with van der Waals surface area (Å²) in [6.07, 6.45) is 9.27. The Balaban J connectivity index is 2.05. The summed E-state index contributed by atoms with van der Waals surface area (Å²) in [6, 6.07) is 13.3. The van der Waals surface area contributed by atoms with Crippen LogP contribution in [0.4, 0.5) is 0 Å². The van der Waals surface area contributed by atoms with Crippen molar-refractivity contribution in [3.05, 3.63) is 35.9 Å². The summed E-state index contributed by atoms with van der Waals surface area (Å²) in [6.45, 7) is 6.09. The predicted octanol–water partition coefficient (Wildman–Crippen LogP) is 5.71. The Bertz CT molecular complexity index is 405. The van der Waals surface area contributed by atoms with Crippen molar-refractivity contribution in [2.75, 3.05) is 13.1 Å². The van der Waals surface area contributed by atoms with Crippen LogP contribution in [-0.4, -0.2) is 19.1 Å². The van der Waals surface area contributed by atoms with Crippen LogP contribution in [0.25, 0.3) is 0 Å². The lowest BCUT2D eigenvalue weighted by Gasteiger charge is -2.06. The second-order valence-electron chi connectivity index (χ2n) is 5.76. The van der Waals surface area contributed by atoms with Crippen molar-refractivity contribution in [3.63, 3.8) is 0 Å². The molecule has 0 aromatic heterocycles. The van der Waals surface area contributed by atoms with Crippen molar-refractivity contribution in [2.45, 2.75) is 64.7 Å². The van der Waals surface area contributed by atoms with Gasteiger partial charge in [0.05, 0.1) is 12.6 Å². The highest BCUT2D eigenvalue weighted by Gasteiger charge is 2.01. The van der Waals surface area contributed by atoms with Gasteiger partial charge in [-0.25, -0.2) is 9.98 Å². The molecule has 0 bridgehead atoms. The molecule has 1 aromatic rings. The molecule has 0 aliphatic carbocycles.